The molecule has 3 rings (SSSR count). The zero-order valence-corrected chi connectivity index (χ0v) is 15.0. The van der Waals surface area contributed by atoms with Crippen LogP contribution in [0.4, 0.5) is 24.7 Å². The van der Waals surface area contributed by atoms with E-state index >= 15 is 0 Å². The van der Waals surface area contributed by atoms with Crippen molar-refractivity contribution in [3.8, 4) is 11.4 Å². The lowest BCUT2D eigenvalue weighted by molar-refractivity contribution is -0.140. The fraction of sp³-hybridized carbons (Fsp3) is 0.235. The van der Waals surface area contributed by atoms with Gasteiger partial charge in [-0.05, 0) is 24.1 Å². The zero-order valence-electron chi connectivity index (χ0n) is 14.3. The minimum absolute atomic E-state index is 0.0777. The molecule has 0 bridgehead atoms. The van der Waals surface area contributed by atoms with Crippen LogP contribution in [0.2, 0.25) is 5.28 Å². The number of nitrogens with two attached hydrogens (primary N) is 1. The largest absolute Gasteiger partial charge is 0.434 e. The van der Waals surface area contributed by atoms with E-state index in [-0.39, 0.29) is 11.1 Å². The molecule has 3 aromatic rings. The smallest absolute Gasteiger partial charge is 0.394 e. The first kappa shape index (κ1) is 19.0. The predicted molar refractivity (Wildman–Crippen MR) is 97.1 cm³/mol. The van der Waals surface area contributed by atoms with Crippen LogP contribution in [-0.2, 0) is 19.3 Å². The van der Waals surface area contributed by atoms with E-state index in [0.29, 0.717) is 30.2 Å². The Balaban J connectivity index is 1.78. The predicted octanol–water partition coefficient (Wildman–Crippen LogP) is 4.23. The number of rotatable bonds is 5. The lowest BCUT2D eigenvalue weighted by Gasteiger charge is -2.09. The topological polar surface area (TPSA) is 81.7 Å². The van der Waals surface area contributed by atoms with Crippen LogP contribution < -0.4 is 11.1 Å². The van der Waals surface area contributed by atoms with E-state index in [9.17, 15) is 13.2 Å². The molecule has 3 N–H and O–H groups in total. The second kappa shape index (κ2) is 7.43. The monoisotopic (exact) mass is 396 g/mol. The minimum atomic E-state index is -4.47. The van der Waals surface area contributed by atoms with Crippen molar-refractivity contribution in [3.63, 3.8) is 0 Å². The van der Waals surface area contributed by atoms with Crippen molar-refractivity contribution < 1.29 is 13.2 Å². The lowest BCUT2D eigenvalue weighted by atomic mass is 10.1. The van der Waals surface area contributed by atoms with Gasteiger partial charge < -0.3 is 15.6 Å². The highest BCUT2D eigenvalue weighted by Crippen LogP contribution is 2.31. The second-order valence-corrected chi connectivity index (χ2v) is 6.07. The van der Waals surface area contributed by atoms with Crippen LogP contribution in [0.15, 0.2) is 36.7 Å². The summed E-state index contributed by atoms with van der Waals surface area (Å²) in [6.45, 7) is 2.56. The molecule has 0 saturated carbocycles. The van der Waals surface area contributed by atoms with Crippen molar-refractivity contribution >= 4 is 23.1 Å². The number of hydrogen-bond acceptors (Lipinski definition) is 5. The Hall–Kier alpha value is -2.81. The Bertz CT molecular complexity index is 937. The van der Waals surface area contributed by atoms with Gasteiger partial charge >= 0.3 is 6.18 Å². The molecule has 0 radical (unpaired) electrons. The number of halogens is 4. The van der Waals surface area contributed by atoms with E-state index in [0.717, 1.165) is 11.8 Å². The van der Waals surface area contributed by atoms with E-state index in [1.54, 1.807) is 31.2 Å². The van der Waals surface area contributed by atoms with Crippen molar-refractivity contribution in [3.05, 3.63) is 53.2 Å². The summed E-state index contributed by atoms with van der Waals surface area (Å²) < 4.78 is 40.2. The number of nitrogens with one attached hydrogen (secondary N) is 1. The van der Waals surface area contributed by atoms with E-state index < -0.39 is 11.9 Å². The first-order chi connectivity index (χ1) is 12.8. The van der Waals surface area contributed by atoms with Crippen LogP contribution in [0.3, 0.4) is 0 Å². The van der Waals surface area contributed by atoms with E-state index in [4.69, 9.17) is 17.3 Å². The summed E-state index contributed by atoms with van der Waals surface area (Å²) in [6, 6.07) is 7.04. The van der Waals surface area contributed by atoms with Crippen LogP contribution in [0.5, 0.6) is 0 Å². The Labute approximate surface area is 158 Å². The van der Waals surface area contributed by atoms with Crippen molar-refractivity contribution in [1.82, 2.24) is 19.5 Å². The van der Waals surface area contributed by atoms with Gasteiger partial charge in [-0.1, -0.05) is 24.3 Å². The molecule has 0 saturated heterocycles. The molecular formula is C17H16ClF3N6. The van der Waals surface area contributed by atoms with Gasteiger partial charge in [0.05, 0.1) is 11.9 Å². The van der Waals surface area contributed by atoms with Gasteiger partial charge in [-0.2, -0.15) is 18.2 Å². The number of nitrogen functional groups attached to an aromatic ring is 1. The molecule has 0 aliphatic rings. The molecule has 0 amide bonds. The number of nitrogens with zero attached hydrogens (tertiary/aromatic N) is 4. The van der Waals surface area contributed by atoms with Crippen LogP contribution in [0, 0.1) is 0 Å². The maximum Gasteiger partial charge on any atom is 0.434 e. The molecular weight excluding hydrogens is 381 g/mol. The Morgan fingerprint density at radius 3 is 2.52 bits per heavy atom. The average molecular weight is 397 g/mol. The lowest BCUT2D eigenvalue weighted by Crippen LogP contribution is -2.05. The molecule has 2 heterocycles. The second-order valence-electron chi connectivity index (χ2n) is 5.73. The Morgan fingerprint density at radius 2 is 1.89 bits per heavy atom. The molecule has 0 atom stereocenters. The number of aromatic nitrogens is 4. The van der Waals surface area contributed by atoms with Gasteiger partial charge in [0.25, 0.3) is 0 Å². The number of aryl methyl sites for hydroxylation is 1. The summed E-state index contributed by atoms with van der Waals surface area (Å²) >= 11 is 5.74. The summed E-state index contributed by atoms with van der Waals surface area (Å²) in [5.41, 5.74) is 6.72. The number of alkyl halides is 3. The number of benzene rings is 1. The van der Waals surface area contributed by atoms with Crippen LogP contribution in [0.25, 0.3) is 11.4 Å². The molecule has 142 valence electrons. The molecule has 6 nitrogen and oxygen atoms in total. The summed E-state index contributed by atoms with van der Waals surface area (Å²) in [7, 11) is 0. The van der Waals surface area contributed by atoms with Gasteiger partial charge in [-0.15, -0.1) is 0 Å². The molecule has 0 fully saturated rings. The van der Waals surface area contributed by atoms with Crippen molar-refractivity contribution in [1.29, 1.82) is 0 Å². The third-order valence-electron chi connectivity index (χ3n) is 3.87. The molecule has 10 heteroatoms. The summed E-state index contributed by atoms with van der Waals surface area (Å²) in [4.78, 5) is 11.5. The first-order valence-corrected chi connectivity index (χ1v) is 8.41. The SMILES string of the molecule is CCn1cc(C(F)(F)F)nc1-c1ccc(CNc2nc(Cl)ncc2N)cc1. The fourth-order valence-electron chi connectivity index (χ4n) is 2.49. The van der Waals surface area contributed by atoms with Crippen molar-refractivity contribution in [2.45, 2.75) is 26.2 Å². The quantitative estimate of drug-likeness (QED) is 0.631. The van der Waals surface area contributed by atoms with Gasteiger partial charge in [0.15, 0.2) is 11.5 Å². The fourth-order valence-corrected chi connectivity index (χ4v) is 2.63. The minimum Gasteiger partial charge on any atom is -0.394 e. The van der Waals surface area contributed by atoms with E-state index in [2.05, 4.69) is 20.3 Å². The van der Waals surface area contributed by atoms with Gasteiger partial charge in [0.2, 0.25) is 5.28 Å². The Kier molecular flexibility index (Phi) is 5.22. The third kappa shape index (κ3) is 4.30. The number of hydrogen-bond donors (Lipinski definition) is 2. The molecule has 0 aliphatic heterocycles. The van der Waals surface area contributed by atoms with Gasteiger partial charge in [0.1, 0.15) is 5.82 Å². The Morgan fingerprint density at radius 1 is 1.19 bits per heavy atom. The third-order valence-corrected chi connectivity index (χ3v) is 4.05. The highest BCUT2D eigenvalue weighted by molar-refractivity contribution is 6.28. The van der Waals surface area contributed by atoms with Crippen molar-refractivity contribution in [2.24, 2.45) is 0 Å². The maximum atomic E-state index is 12.9. The highest BCUT2D eigenvalue weighted by Gasteiger charge is 2.34. The van der Waals surface area contributed by atoms with Crippen molar-refractivity contribution in [2.75, 3.05) is 11.1 Å². The van der Waals surface area contributed by atoms with E-state index in [1.165, 1.54) is 10.8 Å². The van der Waals surface area contributed by atoms with Gasteiger partial charge in [0, 0.05) is 24.8 Å². The standard InChI is InChI=1S/C17H16ClF3N6/c1-2-27-9-13(17(19,20)21)25-15(27)11-5-3-10(4-6-11)7-23-14-12(22)8-24-16(18)26-14/h3-6,8-9H,2,7,22H2,1H3,(H,23,24,26). The van der Waals surface area contributed by atoms with E-state index in [1.807, 2.05) is 0 Å². The molecule has 2 aromatic heterocycles. The molecule has 0 spiro atoms. The van der Waals surface area contributed by atoms with Crippen LogP contribution >= 0.6 is 11.6 Å². The first-order valence-electron chi connectivity index (χ1n) is 8.03. The summed E-state index contributed by atoms with van der Waals surface area (Å²) in [6.07, 6.45) is -2.05. The summed E-state index contributed by atoms with van der Waals surface area (Å²) in [5.74, 6) is 0.687. The average Bonchev–Trinajstić information content (AvgIpc) is 3.08. The van der Waals surface area contributed by atoms with Gasteiger partial charge in [-0.3, -0.25) is 0 Å². The number of imidazole rings is 1. The van der Waals surface area contributed by atoms with Gasteiger partial charge in [-0.25, -0.2) is 9.97 Å². The molecule has 0 aliphatic carbocycles. The molecule has 27 heavy (non-hydrogen) atoms. The highest BCUT2D eigenvalue weighted by atomic mass is 35.5. The zero-order chi connectivity index (χ0) is 19.6. The number of anilines is 2. The molecule has 0 unspecified atom stereocenters. The normalized spacial score (nSPS) is 11.6. The molecule has 1 aromatic carbocycles. The summed E-state index contributed by atoms with van der Waals surface area (Å²) in [5, 5.41) is 3.12. The van der Waals surface area contributed by atoms with Crippen LogP contribution in [-0.4, -0.2) is 19.5 Å². The van der Waals surface area contributed by atoms with Crippen LogP contribution in [0.1, 0.15) is 18.2 Å². The maximum absolute atomic E-state index is 12.9.